The summed E-state index contributed by atoms with van der Waals surface area (Å²) in [6.45, 7) is 6.93. The number of benzene rings is 1. The fraction of sp³-hybridized carbons (Fsp3) is 0.545. The van der Waals surface area contributed by atoms with Crippen LogP contribution in [0.3, 0.4) is 0 Å². The van der Waals surface area contributed by atoms with Gasteiger partial charge in [-0.3, -0.25) is 9.59 Å². The third kappa shape index (κ3) is 2.48. The second kappa shape index (κ2) is 5.93. The van der Waals surface area contributed by atoms with Crippen LogP contribution in [0, 0.1) is 25.7 Å². The number of fused-ring (bicyclic) bond motifs is 1. The van der Waals surface area contributed by atoms with Gasteiger partial charge in [0, 0.05) is 19.6 Å². The van der Waals surface area contributed by atoms with Crippen molar-refractivity contribution in [2.24, 2.45) is 11.8 Å². The second-order valence-corrected chi connectivity index (χ2v) is 8.55. The molecule has 0 aromatic heterocycles. The highest BCUT2D eigenvalue weighted by Crippen LogP contribution is 2.52. The minimum Gasteiger partial charge on any atom is -0.360 e. The van der Waals surface area contributed by atoms with Crippen LogP contribution in [0.5, 0.6) is 0 Å². The first-order chi connectivity index (χ1) is 13.0. The number of carbonyl (C=O) groups is 2. The third-order valence-corrected chi connectivity index (χ3v) is 6.83. The molecule has 0 saturated carbocycles. The molecule has 0 N–H and O–H groups in total. The maximum atomic E-state index is 13.3. The maximum absolute atomic E-state index is 13.3. The van der Waals surface area contributed by atoms with Gasteiger partial charge in [-0.1, -0.05) is 30.4 Å². The Labute approximate surface area is 160 Å². The van der Waals surface area contributed by atoms with Gasteiger partial charge in [-0.15, -0.1) is 0 Å². The summed E-state index contributed by atoms with van der Waals surface area (Å²) >= 11 is 0. The van der Waals surface area contributed by atoms with Crippen molar-refractivity contribution >= 4 is 11.8 Å². The summed E-state index contributed by atoms with van der Waals surface area (Å²) in [4.78, 5) is 30.2. The summed E-state index contributed by atoms with van der Waals surface area (Å²) in [7, 11) is 0. The molecule has 0 radical (unpaired) electrons. The zero-order chi connectivity index (χ0) is 18.8. The number of likely N-dealkylation sites (tertiary alicyclic amines) is 2. The zero-order valence-corrected chi connectivity index (χ0v) is 16.0. The summed E-state index contributed by atoms with van der Waals surface area (Å²) in [5.74, 6) is -0.551. The van der Waals surface area contributed by atoms with Gasteiger partial charge in [-0.2, -0.15) is 0 Å². The molecule has 2 bridgehead atoms. The fourth-order valence-electron chi connectivity index (χ4n) is 5.26. The lowest BCUT2D eigenvalue weighted by atomic mass is 9.76. The summed E-state index contributed by atoms with van der Waals surface area (Å²) in [5.41, 5.74) is 3.00. The fourth-order valence-corrected chi connectivity index (χ4v) is 5.26. The molecule has 4 heterocycles. The molecule has 5 nitrogen and oxygen atoms in total. The lowest BCUT2D eigenvalue weighted by molar-refractivity contribution is -0.142. The lowest BCUT2D eigenvalue weighted by Crippen LogP contribution is -2.45. The van der Waals surface area contributed by atoms with Gasteiger partial charge in [0.1, 0.15) is 5.60 Å². The van der Waals surface area contributed by atoms with Crippen LogP contribution in [0.1, 0.15) is 29.5 Å². The number of nitrogens with zero attached hydrogens (tertiary/aromatic N) is 2. The highest BCUT2D eigenvalue weighted by Gasteiger charge is 2.67. The van der Waals surface area contributed by atoms with E-state index in [0.717, 1.165) is 31.5 Å². The smallest absolute Gasteiger partial charge is 0.230 e. The average Bonchev–Trinajstić information content (AvgIpc) is 3.40. The van der Waals surface area contributed by atoms with Crippen molar-refractivity contribution in [3.05, 3.63) is 47.0 Å². The molecule has 4 atom stereocenters. The van der Waals surface area contributed by atoms with Crippen LogP contribution in [-0.2, 0) is 20.9 Å². The highest BCUT2D eigenvalue weighted by atomic mass is 16.5. The van der Waals surface area contributed by atoms with E-state index in [4.69, 9.17) is 4.74 Å². The molecule has 5 heteroatoms. The van der Waals surface area contributed by atoms with Gasteiger partial charge in [0.2, 0.25) is 11.8 Å². The SMILES string of the molecule is Cc1ccc(CN2C[C@]34C=C[C@H](O3)[C@@H](C(=O)N3CCCC3)[C@@H]4C2=O)cc1C. The van der Waals surface area contributed by atoms with Gasteiger partial charge in [-0.25, -0.2) is 0 Å². The predicted molar refractivity (Wildman–Crippen MR) is 101 cm³/mol. The van der Waals surface area contributed by atoms with Gasteiger partial charge < -0.3 is 14.5 Å². The molecule has 1 aromatic carbocycles. The van der Waals surface area contributed by atoms with E-state index in [2.05, 4.69) is 32.0 Å². The number of hydrogen-bond donors (Lipinski definition) is 0. The summed E-state index contributed by atoms with van der Waals surface area (Å²) in [6, 6.07) is 6.34. The Kier molecular flexibility index (Phi) is 3.73. The molecule has 4 aliphatic rings. The van der Waals surface area contributed by atoms with Gasteiger partial charge in [0.15, 0.2) is 0 Å². The Balaban J connectivity index is 1.40. The number of carbonyl (C=O) groups excluding carboxylic acids is 2. The zero-order valence-electron chi connectivity index (χ0n) is 16.0. The highest BCUT2D eigenvalue weighted by molar-refractivity contribution is 5.93. The predicted octanol–water partition coefficient (Wildman–Crippen LogP) is 2.21. The van der Waals surface area contributed by atoms with Crippen molar-refractivity contribution in [2.45, 2.75) is 44.9 Å². The number of hydrogen-bond acceptors (Lipinski definition) is 3. The van der Waals surface area contributed by atoms with E-state index >= 15 is 0 Å². The molecular weight excluding hydrogens is 340 g/mol. The monoisotopic (exact) mass is 366 g/mol. The van der Waals surface area contributed by atoms with Crippen LogP contribution in [0.25, 0.3) is 0 Å². The second-order valence-electron chi connectivity index (χ2n) is 8.55. The van der Waals surface area contributed by atoms with Crippen molar-refractivity contribution in [2.75, 3.05) is 19.6 Å². The van der Waals surface area contributed by atoms with Crippen LogP contribution in [0.2, 0.25) is 0 Å². The largest absolute Gasteiger partial charge is 0.360 e. The quantitative estimate of drug-likeness (QED) is 0.771. The number of rotatable bonds is 3. The first-order valence-corrected chi connectivity index (χ1v) is 9.99. The van der Waals surface area contributed by atoms with E-state index in [1.807, 2.05) is 22.0 Å². The van der Waals surface area contributed by atoms with E-state index < -0.39 is 5.60 Å². The topological polar surface area (TPSA) is 49.9 Å². The maximum Gasteiger partial charge on any atom is 0.230 e. The van der Waals surface area contributed by atoms with Crippen LogP contribution in [-0.4, -0.2) is 53.0 Å². The van der Waals surface area contributed by atoms with Gasteiger partial charge in [0.05, 0.1) is 24.5 Å². The average molecular weight is 366 g/mol. The Bertz CT molecular complexity index is 842. The molecule has 0 unspecified atom stereocenters. The number of aryl methyl sites for hydroxylation is 2. The molecule has 4 aliphatic heterocycles. The molecule has 3 fully saturated rings. The molecule has 27 heavy (non-hydrogen) atoms. The standard InChI is InChI=1S/C22H26N2O3/c1-14-5-6-16(11-15(14)2)12-24-13-22-8-7-17(27-22)18(19(22)21(24)26)20(25)23-9-3-4-10-23/h5-8,11,17-19H,3-4,9-10,12-13H2,1-2H3/t17-,18+,19+,22-/m0/s1. The Morgan fingerprint density at radius 1 is 1.22 bits per heavy atom. The van der Waals surface area contributed by atoms with E-state index in [1.54, 1.807) is 0 Å². The van der Waals surface area contributed by atoms with E-state index in [-0.39, 0.29) is 29.8 Å². The molecule has 3 saturated heterocycles. The van der Waals surface area contributed by atoms with Gasteiger partial charge in [0.25, 0.3) is 0 Å². The van der Waals surface area contributed by atoms with Crippen molar-refractivity contribution in [1.82, 2.24) is 9.80 Å². The van der Waals surface area contributed by atoms with Crippen molar-refractivity contribution in [3.8, 4) is 0 Å². The third-order valence-electron chi connectivity index (χ3n) is 6.83. The molecule has 2 amide bonds. The molecule has 0 aliphatic carbocycles. The van der Waals surface area contributed by atoms with Crippen molar-refractivity contribution in [3.63, 3.8) is 0 Å². The molecule has 1 spiro atoms. The molecule has 5 rings (SSSR count). The van der Waals surface area contributed by atoms with Gasteiger partial charge >= 0.3 is 0 Å². The van der Waals surface area contributed by atoms with Crippen molar-refractivity contribution in [1.29, 1.82) is 0 Å². The van der Waals surface area contributed by atoms with Crippen LogP contribution >= 0.6 is 0 Å². The Morgan fingerprint density at radius 2 is 2.00 bits per heavy atom. The molecular formula is C22H26N2O3. The Hall–Kier alpha value is -2.14. The van der Waals surface area contributed by atoms with Gasteiger partial charge in [-0.05, 0) is 43.4 Å². The first-order valence-electron chi connectivity index (χ1n) is 9.99. The minimum atomic E-state index is -0.610. The summed E-state index contributed by atoms with van der Waals surface area (Å²) < 4.78 is 6.24. The number of amides is 2. The lowest BCUT2D eigenvalue weighted by Gasteiger charge is -2.27. The van der Waals surface area contributed by atoms with E-state index in [1.165, 1.54) is 11.1 Å². The Morgan fingerprint density at radius 3 is 2.74 bits per heavy atom. The summed E-state index contributed by atoms with van der Waals surface area (Å²) in [6.07, 6.45) is 5.91. The van der Waals surface area contributed by atoms with Crippen LogP contribution < -0.4 is 0 Å². The van der Waals surface area contributed by atoms with Crippen molar-refractivity contribution < 1.29 is 14.3 Å². The number of ether oxygens (including phenoxy) is 1. The first kappa shape index (κ1) is 17.0. The minimum absolute atomic E-state index is 0.0672. The van der Waals surface area contributed by atoms with E-state index in [0.29, 0.717) is 13.1 Å². The van der Waals surface area contributed by atoms with Crippen LogP contribution in [0.15, 0.2) is 30.4 Å². The normalized spacial score (nSPS) is 34.0. The molecule has 142 valence electrons. The summed E-state index contributed by atoms with van der Waals surface area (Å²) in [5, 5.41) is 0. The van der Waals surface area contributed by atoms with Crippen LogP contribution in [0.4, 0.5) is 0 Å². The van der Waals surface area contributed by atoms with E-state index in [9.17, 15) is 9.59 Å². The molecule has 1 aromatic rings.